The lowest BCUT2D eigenvalue weighted by Crippen LogP contribution is -2.49. The van der Waals surface area contributed by atoms with Crippen LogP contribution in [0.3, 0.4) is 0 Å². The number of hydrogen-bond acceptors (Lipinski definition) is 5. The molecule has 170 valence electrons. The predicted octanol–water partition coefficient (Wildman–Crippen LogP) is 1.44. The van der Waals surface area contributed by atoms with Gasteiger partial charge in [0.1, 0.15) is 5.60 Å². The second-order valence-corrected chi connectivity index (χ2v) is 8.45. The van der Waals surface area contributed by atoms with Gasteiger partial charge in [0.15, 0.2) is 0 Å². The fraction of sp³-hybridized carbons (Fsp3) is 0.545. The van der Waals surface area contributed by atoms with Crippen LogP contribution in [0.25, 0.3) is 0 Å². The van der Waals surface area contributed by atoms with Crippen LogP contribution >= 0.6 is 0 Å². The maximum atomic E-state index is 12.3. The maximum Gasteiger partial charge on any atom is 0.407 e. The quantitative estimate of drug-likeness (QED) is 0.603. The van der Waals surface area contributed by atoms with Crippen molar-refractivity contribution in [3.63, 3.8) is 0 Å². The Kier molecular flexibility index (Phi) is 8.84. The highest BCUT2D eigenvalue weighted by atomic mass is 16.6. The van der Waals surface area contributed by atoms with Gasteiger partial charge in [-0.15, -0.1) is 0 Å². The number of likely N-dealkylation sites (tertiary alicyclic amines) is 1. The zero-order valence-corrected chi connectivity index (χ0v) is 18.4. The number of piperidine rings is 1. The number of benzene rings is 1. The summed E-state index contributed by atoms with van der Waals surface area (Å²) in [5, 5.41) is 8.08. The first kappa shape index (κ1) is 24.2. The standard InChI is InChI=1S/C22H32N4O5/c1-22(2,3)31-21(30)23-12-9-19(28)26-13-10-17(11-14-26)25-18(27)15-24-20(29)16-7-5-4-6-8-16/h4-8,17H,9-15H2,1-3H3,(H,23,30)(H,24,29)(H,25,27). The average molecular weight is 433 g/mol. The van der Waals surface area contributed by atoms with Gasteiger partial charge in [-0.3, -0.25) is 14.4 Å². The molecule has 0 spiro atoms. The molecule has 9 heteroatoms. The van der Waals surface area contributed by atoms with E-state index in [-0.39, 0.29) is 43.3 Å². The highest BCUT2D eigenvalue weighted by molar-refractivity contribution is 5.96. The molecule has 0 aromatic heterocycles. The number of nitrogens with zero attached hydrogens (tertiary/aromatic N) is 1. The fourth-order valence-corrected chi connectivity index (χ4v) is 3.15. The van der Waals surface area contributed by atoms with Crippen LogP contribution in [0.4, 0.5) is 4.79 Å². The van der Waals surface area contributed by atoms with Crippen molar-refractivity contribution in [3.05, 3.63) is 35.9 Å². The van der Waals surface area contributed by atoms with Gasteiger partial charge < -0.3 is 25.6 Å². The molecule has 0 bridgehead atoms. The summed E-state index contributed by atoms with van der Waals surface area (Å²) in [7, 11) is 0. The summed E-state index contributed by atoms with van der Waals surface area (Å²) < 4.78 is 5.13. The molecule has 1 fully saturated rings. The molecule has 1 heterocycles. The SMILES string of the molecule is CC(C)(C)OC(=O)NCCC(=O)N1CCC(NC(=O)CNC(=O)c2ccccc2)CC1. The third kappa shape index (κ3) is 9.06. The lowest BCUT2D eigenvalue weighted by Gasteiger charge is -2.32. The summed E-state index contributed by atoms with van der Waals surface area (Å²) >= 11 is 0. The Bertz CT molecular complexity index is 768. The van der Waals surface area contributed by atoms with E-state index in [2.05, 4.69) is 16.0 Å². The molecule has 0 radical (unpaired) electrons. The zero-order chi connectivity index (χ0) is 22.9. The minimum atomic E-state index is -0.579. The first-order valence-corrected chi connectivity index (χ1v) is 10.5. The Balaban J connectivity index is 1.62. The molecule has 0 atom stereocenters. The van der Waals surface area contributed by atoms with Crippen molar-refractivity contribution in [1.29, 1.82) is 0 Å². The van der Waals surface area contributed by atoms with Crippen molar-refractivity contribution in [2.75, 3.05) is 26.2 Å². The summed E-state index contributed by atoms with van der Waals surface area (Å²) in [6.45, 7) is 6.52. The molecule has 0 unspecified atom stereocenters. The third-order valence-corrected chi connectivity index (χ3v) is 4.67. The molecule has 1 aromatic carbocycles. The Morgan fingerprint density at radius 1 is 1.03 bits per heavy atom. The number of amides is 4. The number of nitrogens with one attached hydrogen (secondary N) is 3. The lowest BCUT2D eigenvalue weighted by atomic mass is 10.0. The van der Waals surface area contributed by atoms with Gasteiger partial charge in [-0.05, 0) is 45.7 Å². The minimum absolute atomic E-state index is 0.0370. The molecule has 0 aliphatic carbocycles. The first-order chi connectivity index (χ1) is 14.6. The van der Waals surface area contributed by atoms with Crippen LogP contribution < -0.4 is 16.0 Å². The average Bonchev–Trinajstić information content (AvgIpc) is 2.71. The fourth-order valence-electron chi connectivity index (χ4n) is 3.15. The van der Waals surface area contributed by atoms with Crippen LogP contribution in [-0.4, -0.2) is 66.5 Å². The molecular weight excluding hydrogens is 400 g/mol. The van der Waals surface area contributed by atoms with E-state index in [4.69, 9.17) is 4.74 Å². The summed E-state index contributed by atoms with van der Waals surface area (Å²) in [5.41, 5.74) is -0.0756. The van der Waals surface area contributed by atoms with Gasteiger partial charge in [0.25, 0.3) is 5.91 Å². The van der Waals surface area contributed by atoms with Gasteiger partial charge in [0.2, 0.25) is 11.8 Å². The summed E-state index contributed by atoms with van der Waals surface area (Å²) in [6, 6.07) is 8.67. The summed E-state index contributed by atoms with van der Waals surface area (Å²) in [4.78, 5) is 49.7. The molecule has 1 aliphatic heterocycles. The molecule has 2 rings (SSSR count). The number of carbonyl (C=O) groups is 4. The van der Waals surface area contributed by atoms with E-state index in [1.54, 1.807) is 49.9 Å². The number of carbonyl (C=O) groups excluding carboxylic acids is 4. The van der Waals surface area contributed by atoms with Gasteiger partial charge in [-0.2, -0.15) is 0 Å². The molecule has 4 amide bonds. The highest BCUT2D eigenvalue weighted by Crippen LogP contribution is 2.11. The van der Waals surface area contributed by atoms with E-state index in [1.165, 1.54) is 0 Å². The van der Waals surface area contributed by atoms with Crippen molar-refractivity contribution < 1.29 is 23.9 Å². The molecule has 31 heavy (non-hydrogen) atoms. The molecule has 1 aromatic rings. The molecule has 1 aliphatic rings. The topological polar surface area (TPSA) is 117 Å². The normalized spacial score (nSPS) is 14.5. The number of ether oxygens (including phenoxy) is 1. The Morgan fingerprint density at radius 2 is 1.68 bits per heavy atom. The van der Waals surface area contributed by atoms with E-state index >= 15 is 0 Å². The minimum Gasteiger partial charge on any atom is -0.444 e. The van der Waals surface area contributed by atoms with E-state index in [9.17, 15) is 19.2 Å². The van der Waals surface area contributed by atoms with Crippen LogP contribution in [0.1, 0.15) is 50.4 Å². The molecule has 0 saturated carbocycles. The highest BCUT2D eigenvalue weighted by Gasteiger charge is 2.24. The van der Waals surface area contributed by atoms with Gasteiger partial charge in [0, 0.05) is 37.7 Å². The van der Waals surface area contributed by atoms with E-state index in [0.29, 0.717) is 31.5 Å². The van der Waals surface area contributed by atoms with Crippen molar-refractivity contribution in [2.45, 2.75) is 51.7 Å². The van der Waals surface area contributed by atoms with E-state index < -0.39 is 11.7 Å². The number of rotatable bonds is 7. The Hall–Kier alpha value is -3.10. The van der Waals surface area contributed by atoms with Gasteiger partial charge in [-0.1, -0.05) is 18.2 Å². The second-order valence-electron chi connectivity index (χ2n) is 8.45. The number of hydrogen-bond donors (Lipinski definition) is 3. The second kappa shape index (κ2) is 11.3. The Morgan fingerprint density at radius 3 is 2.29 bits per heavy atom. The van der Waals surface area contributed by atoms with Gasteiger partial charge in [-0.25, -0.2) is 4.79 Å². The molecule has 9 nitrogen and oxygen atoms in total. The number of alkyl carbamates (subject to hydrolysis) is 1. The summed E-state index contributed by atoms with van der Waals surface area (Å²) in [6.07, 6.45) is 0.940. The zero-order valence-electron chi connectivity index (χ0n) is 18.4. The monoisotopic (exact) mass is 432 g/mol. The van der Waals surface area contributed by atoms with E-state index in [1.807, 2.05) is 6.07 Å². The van der Waals surface area contributed by atoms with Crippen LogP contribution in [0.15, 0.2) is 30.3 Å². The van der Waals surface area contributed by atoms with Crippen LogP contribution in [0.2, 0.25) is 0 Å². The smallest absolute Gasteiger partial charge is 0.407 e. The van der Waals surface area contributed by atoms with Crippen molar-refractivity contribution in [1.82, 2.24) is 20.9 Å². The predicted molar refractivity (Wildman–Crippen MR) is 115 cm³/mol. The lowest BCUT2D eigenvalue weighted by molar-refractivity contribution is -0.132. The Labute approximate surface area is 182 Å². The molecule has 1 saturated heterocycles. The van der Waals surface area contributed by atoms with Crippen LogP contribution in [0, 0.1) is 0 Å². The van der Waals surface area contributed by atoms with Gasteiger partial charge >= 0.3 is 6.09 Å². The maximum absolute atomic E-state index is 12.3. The van der Waals surface area contributed by atoms with E-state index in [0.717, 1.165) is 0 Å². The largest absolute Gasteiger partial charge is 0.444 e. The van der Waals surface area contributed by atoms with Crippen LogP contribution in [0.5, 0.6) is 0 Å². The van der Waals surface area contributed by atoms with Crippen molar-refractivity contribution >= 4 is 23.8 Å². The molecular formula is C22H32N4O5. The first-order valence-electron chi connectivity index (χ1n) is 10.5. The van der Waals surface area contributed by atoms with Crippen molar-refractivity contribution in [3.8, 4) is 0 Å². The van der Waals surface area contributed by atoms with Crippen LogP contribution in [-0.2, 0) is 14.3 Å². The summed E-state index contributed by atoms with van der Waals surface area (Å²) in [5.74, 6) is -0.595. The van der Waals surface area contributed by atoms with Crippen molar-refractivity contribution in [2.24, 2.45) is 0 Å². The molecule has 3 N–H and O–H groups in total. The van der Waals surface area contributed by atoms with Gasteiger partial charge in [0.05, 0.1) is 6.54 Å². The third-order valence-electron chi connectivity index (χ3n) is 4.67.